The van der Waals surface area contributed by atoms with E-state index in [4.69, 9.17) is 0 Å². The molecule has 0 saturated carbocycles. The molecule has 0 spiro atoms. The van der Waals surface area contributed by atoms with Crippen molar-refractivity contribution in [2.24, 2.45) is 5.41 Å². The Hall–Kier alpha value is -0.780. The smallest absolute Gasteiger partial charge is 0.00694 e. The van der Waals surface area contributed by atoms with Gasteiger partial charge in [-0.25, -0.2) is 0 Å². The van der Waals surface area contributed by atoms with E-state index in [9.17, 15) is 0 Å². The molecule has 0 amide bonds. The number of rotatable bonds is 2. The zero-order valence-electron chi connectivity index (χ0n) is 7.43. The van der Waals surface area contributed by atoms with Crippen LogP contribution in [0.1, 0.15) is 26.7 Å². The second-order valence-corrected chi connectivity index (χ2v) is 3.56. The van der Waals surface area contributed by atoms with Gasteiger partial charge in [0, 0.05) is 5.41 Å². The van der Waals surface area contributed by atoms with Crippen LogP contribution < -0.4 is 0 Å². The average molecular weight is 148 g/mol. The molecule has 0 heteroatoms. The third kappa shape index (κ3) is 1.83. The Labute approximate surface area is 69.3 Å². The minimum atomic E-state index is 0.150. The van der Waals surface area contributed by atoms with Crippen molar-refractivity contribution >= 4 is 0 Å². The molecule has 0 aliphatic heterocycles. The molecule has 0 N–H and O–H groups in total. The Kier molecular flexibility index (Phi) is 2.33. The van der Waals surface area contributed by atoms with Crippen molar-refractivity contribution in [2.75, 3.05) is 0 Å². The fourth-order valence-corrected chi connectivity index (χ4v) is 1.21. The summed E-state index contributed by atoms with van der Waals surface area (Å²) in [6.45, 7) is 8.22. The molecular formula is C11H16. The van der Waals surface area contributed by atoms with E-state index in [0.29, 0.717) is 0 Å². The first-order chi connectivity index (χ1) is 5.17. The number of allylic oxidation sites excluding steroid dienone is 5. The molecule has 0 fully saturated rings. The van der Waals surface area contributed by atoms with Crippen LogP contribution in [0.3, 0.4) is 0 Å². The van der Waals surface area contributed by atoms with Gasteiger partial charge in [0.25, 0.3) is 0 Å². The zero-order chi connectivity index (χ0) is 8.32. The third-order valence-electron chi connectivity index (χ3n) is 2.25. The van der Waals surface area contributed by atoms with Crippen LogP contribution in [0.15, 0.2) is 36.5 Å². The molecular weight excluding hydrogens is 132 g/mol. The number of hydrogen-bond acceptors (Lipinski definition) is 0. The van der Waals surface area contributed by atoms with Gasteiger partial charge in [-0.2, -0.15) is 0 Å². The van der Waals surface area contributed by atoms with E-state index in [1.165, 1.54) is 18.4 Å². The Morgan fingerprint density at radius 1 is 1.45 bits per heavy atom. The Morgan fingerprint density at radius 2 is 2.18 bits per heavy atom. The molecule has 60 valence electrons. The molecule has 0 bridgehead atoms. The minimum absolute atomic E-state index is 0.150. The van der Waals surface area contributed by atoms with E-state index in [1.54, 1.807) is 0 Å². The standard InChI is InChI=1S/C11H16/c1-4-11(2,3)10-8-6-5-7-9-10/h4,6,8-9H,1,5,7H2,2-3H3. The van der Waals surface area contributed by atoms with Crippen LogP contribution in [0.4, 0.5) is 0 Å². The molecule has 0 unspecified atom stereocenters. The molecule has 11 heavy (non-hydrogen) atoms. The van der Waals surface area contributed by atoms with Crippen molar-refractivity contribution < 1.29 is 0 Å². The molecule has 0 heterocycles. The van der Waals surface area contributed by atoms with Crippen molar-refractivity contribution in [3.63, 3.8) is 0 Å². The normalized spacial score (nSPS) is 17.8. The molecule has 0 aromatic heterocycles. The minimum Gasteiger partial charge on any atom is -0.102 e. The lowest BCUT2D eigenvalue weighted by Gasteiger charge is -2.23. The fraction of sp³-hybridized carbons (Fsp3) is 0.455. The maximum atomic E-state index is 3.83. The van der Waals surface area contributed by atoms with Gasteiger partial charge in [-0.15, -0.1) is 6.58 Å². The first-order valence-corrected chi connectivity index (χ1v) is 4.17. The van der Waals surface area contributed by atoms with Crippen molar-refractivity contribution in [1.29, 1.82) is 0 Å². The summed E-state index contributed by atoms with van der Waals surface area (Å²) in [4.78, 5) is 0. The molecule has 0 saturated heterocycles. The van der Waals surface area contributed by atoms with Gasteiger partial charge in [0.1, 0.15) is 0 Å². The van der Waals surface area contributed by atoms with Gasteiger partial charge in [0.2, 0.25) is 0 Å². The zero-order valence-corrected chi connectivity index (χ0v) is 7.43. The highest BCUT2D eigenvalue weighted by molar-refractivity contribution is 5.31. The maximum absolute atomic E-state index is 3.83. The molecule has 0 atom stereocenters. The quantitative estimate of drug-likeness (QED) is 0.526. The lowest BCUT2D eigenvalue weighted by molar-refractivity contribution is 0.590. The van der Waals surface area contributed by atoms with Crippen LogP contribution in [0.5, 0.6) is 0 Å². The predicted molar refractivity (Wildman–Crippen MR) is 50.4 cm³/mol. The largest absolute Gasteiger partial charge is 0.102 e. The van der Waals surface area contributed by atoms with Crippen LogP contribution in [0, 0.1) is 5.41 Å². The lowest BCUT2D eigenvalue weighted by atomic mass is 9.82. The summed E-state index contributed by atoms with van der Waals surface area (Å²) in [6.07, 6.45) is 11.1. The maximum Gasteiger partial charge on any atom is 0.00694 e. The van der Waals surface area contributed by atoms with E-state index in [1.807, 2.05) is 6.08 Å². The van der Waals surface area contributed by atoms with Crippen molar-refractivity contribution in [1.82, 2.24) is 0 Å². The summed E-state index contributed by atoms with van der Waals surface area (Å²) in [5.41, 5.74) is 1.55. The molecule has 0 radical (unpaired) electrons. The molecule has 0 nitrogen and oxygen atoms in total. The highest BCUT2D eigenvalue weighted by Crippen LogP contribution is 2.30. The monoisotopic (exact) mass is 148 g/mol. The summed E-state index contributed by atoms with van der Waals surface area (Å²) < 4.78 is 0. The lowest BCUT2D eigenvalue weighted by Crippen LogP contribution is -2.10. The van der Waals surface area contributed by atoms with Crippen LogP contribution in [-0.4, -0.2) is 0 Å². The highest BCUT2D eigenvalue weighted by Gasteiger charge is 2.17. The van der Waals surface area contributed by atoms with Gasteiger partial charge in [0.15, 0.2) is 0 Å². The molecule has 1 rings (SSSR count). The van der Waals surface area contributed by atoms with Gasteiger partial charge < -0.3 is 0 Å². The third-order valence-corrected chi connectivity index (χ3v) is 2.25. The summed E-state index contributed by atoms with van der Waals surface area (Å²) in [7, 11) is 0. The van der Waals surface area contributed by atoms with Crippen molar-refractivity contribution in [2.45, 2.75) is 26.7 Å². The topological polar surface area (TPSA) is 0 Å². The van der Waals surface area contributed by atoms with Crippen LogP contribution in [0.25, 0.3) is 0 Å². The van der Waals surface area contributed by atoms with E-state index in [2.05, 4.69) is 38.7 Å². The summed E-state index contributed by atoms with van der Waals surface area (Å²) in [5, 5.41) is 0. The van der Waals surface area contributed by atoms with Gasteiger partial charge in [-0.05, 0) is 18.4 Å². The van der Waals surface area contributed by atoms with Crippen LogP contribution in [-0.2, 0) is 0 Å². The summed E-state index contributed by atoms with van der Waals surface area (Å²) in [6, 6.07) is 0. The molecule has 0 aromatic rings. The average Bonchev–Trinajstić information content (AvgIpc) is 2.06. The predicted octanol–water partition coefficient (Wildman–Crippen LogP) is 3.48. The second kappa shape index (κ2) is 3.08. The summed E-state index contributed by atoms with van der Waals surface area (Å²) in [5.74, 6) is 0. The van der Waals surface area contributed by atoms with E-state index >= 15 is 0 Å². The Morgan fingerprint density at radius 3 is 2.64 bits per heavy atom. The van der Waals surface area contributed by atoms with Gasteiger partial charge in [-0.1, -0.05) is 38.2 Å². The Balaban J connectivity index is 2.81. The van der Waals surface area contributed by atoms with Crippen LogP contribution in [0.2, 0.25) is 0 Å². The second-order valence-electron chi connectivity index (χ2n) is 3.56. The SMILES string of the molecule is C=CC(C)(C)C1=CCCC=C1. The van der Waals surface area contributed by atoms with E-state index in [0.717, 1.165) is 0 Å². The Bertz CT molecular complexity index is 204. The molecule has 1 aliphatic carbocycles. The molecule has 1 aliphatic rings. The highest BCUT2D eigenvalue weighted by atomic mass is 14.2. The summed E-state index contributed by atoms with van der Waals surface area (Å²) >= 11 is 0. The van der Waals surface area contributed by atoms with E-state index < -0.39 is 0 Å². The number of hydrogen-bond donors (Lipinski definition) is 0. The van der Waals surface area contributed by atoms with E-state index in [-0.39, 0.29) is 5.41 Å². The van der Waals surface area contributed by atoms with Gasteiger partial charge in [-0.3, -0.25) is 0 Å². The van der Waals surface area contributed by atoms with Crippen molar-refractivity contribution in [3.8, 4) is 0 Å². The molecule has 0 aromatic carbocycles. The first kappa shape index (κ1) is 8.32. The fourth-order valence-electron chi connectivity index (χ4n) is 1.21. The van der Waals surface area contributed by atoms with Crippen molar-refractivity contribution in [3.05, 3.63) is 36.5 Å². The van der Waals surface area contributed by atoms with Gasteiger partial charge >= 0.3 is 0 Å². The van der Waals surface area contributed by atoms with Gasteiger partial charge in [0.05, 0.1) is 0 Å². The van der Waals surface area contributed by atoms with Crippen LogP contribution >= 0.6 is 0 Å². The first-order valence-electron chi connectivity index (χ1n) is 4.17.